The van der Waals surface area contributed by atoms with Crippen LogP contribution in [-0.2, 0) is 16.0 Å². The SMILES string of the molecule is CCCCCCCCCCCCCCCc1c(N)cc(N)c(OC(C)C)c1C1C(C(=O)O)=C(C)NC(C)=C1C(=O)O. The fourth-order valence-corrected chi connectivity index (χ4v) is 5.89. The van der Waals surface area contributed by atoms with Crippen LogP contribution in [0.3, 0.4) is 0 Å². The minimum atomic E-state index is -1.20. The number of hydrogen-bond donors (Lipinski definition) is 5. The number of unbranched alkanes of at least 4 members (excludes halogenated alkanes) is 12. The van der Waals surface area contributed by atoms with Gasteiger partial charge in [-0.15, -0.1) is 0 Å². The number of allylic oxidation sites excluding steroid dienone is 2. The fraction of sp³-hybridized carbons (Fsp3) is 0.636. The highest BCUT2D eigenvalue weighted by Crippen LogP contribution is 2.48. The maximum atomic E-state index is 12.5. The molecule has 1 aliphatic rings. The second-order valence-electron chi connectivity index (χ2n) is 11.7. The zero-order chi connectivity index (χ0) is 30.5. The number of carbonyl (C=O) groups is 2. The van der Waals surface area contributed by atoms with Crippen LogP contribution in [0, 0.1) is 0 Å². The molecular weight excluding hydrogens is 518 g/mol. The van der Waals surface area contributed by atoms with E-state index in [0.29, 0.717) is 40.4 Å². The Morgan fingerprint density at radius 3 is 1.66 bits per heavy atom. The molecule has 0 fully saturated rings. The quantitative estimate of drug-likeness (QED) is 0.0839. The lowest BCUT2D eigenvalue weighted by molar-refractivity contribution is -0.133. The standard InChI is InChI=1S/C33H53N3O5/c1-6-7-8-9-10-11-12-13-14-15-16-17-18-19-24-25(34)20-26(35)31(41-21(2)3)29(24)30-27(32(37)38)22(4)36-23(5)28(30)33(39)40/h20-21,30,36H,6-19,34-35H2,1-5H3,(H,37,38)(H,39,40). The van der Waals surface area contributed by atoms with Gasteiger partial charge in [0, 0.05) is 22.6 Å². The Morgan fingerprint density at radius 2 is 1.24 bits per heavy atom. The van der Waals surface area contributed by atoms with Crippen LogP contribution in [0.4, 0.5) is 11.4 Å². The summed E-state index contributed by atoms with van der Waals surface area (Å²) in [6.07, 6.45) is 16.3. The second kappa shape index (κ2) is 16.9. The molecule has 0 amide bonds. The Kier molecular flexibility index (Phi) is 14.1. The van der Waals surface area contributed by atoms with Crippen LogP contribution in [0.5, 0.6) is 5.75 Å². The molecule has 0 atom stereocenters. The summed E-state index contributed by atoms with van der Waals surface area (Å²) in [4.78, 5) is 25.0. The summed E-state index contributed by atoms with van der Waals surface area (Å²) in [7, 11) is 0. The molecule has 0 saturated carbocycles. The lowest BCUT2D eigenvalue weighted by atomic mass is 9.76. The van der Waals surface area contributed by atoms with Gasteiger partial charge in [-0.05, 0) is 52.2 Å². The average molecular weight is 572 g/mol. The van der Waals surface area contributed by atoms with Gasteiger partial charge < -0.3 is 31.7 Å². The number of ether oxygens (including phenoxy) is 1. The van der Waals surface area contributed by atoms with E-state index in [1.54, 1.807) is 19.9 Å². The molecule has 0 saturated heterocycles. The first kappa shape index (κ1) is 34.0. The van der Waals surface area contributed by atoms with Crippen molar-refractivity contribution in [3.05, 3.63) is 39.7 Å². The van der Waals surface area contributed by atoms with Gasteiger partial charge in [-0.25, -0.2) is 9.59 Å². The van der Waals surface area contributed by atoms with Gasteiger partial charge in [-0.3, -0.25) is 0 Å². The Bertz CT molecular complexity index is 1070. The van der Waals surface area contributed by atoms with Crippen molar-refractivity contribution in [1.29, 1.82) is 0 Å². The number of anilines is 2. The van der Waals surface area contributed by atoms with Crippen LogP contribution in [0.25, 0.3) is 0 Å². The molecule has 41 heavy (non-hydrogen) atoms. The van der Waals surface area contributed by atoms with Crippen LogP contribution >= 0.6 is 0 Å². The summed E-state index contributed by atoms with van der Waals surface area (Å²) in [6, 6.07) is 1.65. The van der Waals surface area contributed by atoms with E-state index < -0.39 is 17.9 Å². The monoisotopic (exact) mass is 571 g/mol. The van der Waals surface area contributed by atoms with Crippen molar-refractivity contribution < 1.29 is 24.5 Å². The molecule has 0 spiro atoms. The van der Waals surface area contributed by atoms with Crippen molar-refractivity contribution in [1.82, 2.24) is 5.32 Å². The number of dihydropyridines is 1. The highest BCUT2D eigenvalue weighted by molar-refractivity contribution is 5.99. The number of hydrogen-bond acceptors (Lipinski definition) is 6. The van der Waals surface area contributed by atoms with E-state index in [9.17, 15) is 19.8 Å². The molecule has 1 heterocycles. The molecule has 0 aliphatic carbocycles. The van der Waals surface area contributed by atoms with E-state index in [-0.39, 0.29) is 22.9 Å². The van der Waals surface area contributed by atoms with Crippen molar-refractivity contribution in [2.75, 3.05) is 11.5 Å². The number of carboxylic acid groups (broad SMARTS) is 2. The summed E-state index contributed by atoms with van der Waals surface area (Å²) in [5.41, 5.74) is 15.4. The van der Waals surface area contributed by atoms with Gasteiger partial charge in [-0.2, -0.15) is 0 Å². The third kappa shape index (κ3) is 9.72. The lowest BCUT2D eigenvalue weighted by Gasteiger charge is -2.32. The number of rotatable bonds is 19. The minimum Gasteiger partial charge on any atom is -0.489 e. The van der Waals surface area contributed by atoms with E-state index >= 15 is 0 Å². The number of benzene rings is 1. The second-order valence-corrected chi connectivity index (χ2v) is 11.7. The smallest absolute Gasteiger partial charge is 0.334 e. The molecule has 8 heteroatoms. The largest absolute Gasteiger partial charge is 0.489 e. The third-order valence-corrected chi connectivity index (χ3v) is 7.89. The summed E-state index contributed by atoms with van der Waals surface area (Å²) in [6.45, 7) is 9.24. The van der Waals surface area contributed by atoms with Gasteiger partial charge in [-0.1, -0.05) is 84.0 Å². The zero-order valence-electron chi connectivity index (χ0n) is 25.9. The predicted molar refractivity (Wildman–Crippen MR) is 167 cm³/mol. The van der Waals surface area contributed by atoms with Gasteiger partial charge in [0.2, 0.25) is 0 Å². The van der Waals surface area contributed by atoms with E-state index in [1.807, 2.05) is 13.8 Å². The third-order valence-electron chi connectivity index (χ3n) is 7.89. The molecule has 2 rings (SSSR count). The molecule has 0 radical (unpaired) electrons. The number of aliphatic carboxylic acids is 2. The Balaban J connectivity index is 2.23. The lowest BCUT2D eigenvalue weighted by Crippen LogP contribution is -2.32. The van der Waals surface area contributed by atoms with E-state index in [4.69, 9.17) is 16.2 Å². The number of nitrogens with one attached hydrogen (secondary N) is 1. The van der Waals surface area contributed by atoms with Gasteiger partial charge in [0.1, 0.15) is 5.75 Å². The van der Waals surface area contributed by atoms with E-state index in [1.165, 1.54) is 64.2 Å². The van der Waals surface area contributed by atoms with Gasteiger partial charge >= 0.3 is 11.9 Å². The Labute approximate surface area is 246 Å². The normalized spacial score (nSPS) is 14.1. The molecule has 0 aromatic heterocycles. The molecular formula is C33H53N3O5. The molecule has 1 aromatic rings. The first-order valence-corrected chi connectivity index (χ1v) is 15.5. The van der Waals surface area contributed by atoms with Crippen LogP contribution in [-0.4, -0.2) is 28.3 Å². The number of nitrogen functional groups attached to an aromatic ring is 2. The van der Waals surface area contributed by atoms with Crippen LogP contribution < -0.4 is 21.5 Å². The van der Waals surface area contributed by atoms with Crippen molar-refractivity contribution in [3.63, 3.8) is 0 Å². The molecule has 0 bridgehead atoms. The maximum Gasteiger partial charge on any atom is 0.334 e. The average Bonchev–Trinajstić information content (AvgIpc) is 2.87. The maximum absolute atomic E-state index is 12.5. The summed E-state index contributed by atoms with van der Waals surface area (Å²) in [5.74, 6) is -3.17. The Hall–Kier alpha value is -3.16. The molecule has 1 aromatic carbocycles. The van der Waals surface area contributed by atoms with Crippen molar-refractivity contribution in [3.8, 4) is 5.75 Å². The minimum absolute atomic E-state index is 0.0433. The molecule has 230 valence electrons. The van der Waals surface area contributed by atoms with E-state index in [2.05, 4.69) is 12.2 Å². The first-order valence-electron chi connectivity index (χ1n) is 15.5. The fourth-order valence-electron chi connectivity index (χ4n) is 5.89. The predicted octanol–water partition coefficient (Wildman–Crippen LogP) is 7.68. The molecule has 8 nitrogen and oxygen atoms in total. The number of nitrogens with two attached hydrogens (primary N) is 2. The van der Waals surface area contributed by atoms with Gasteiger partial charge in [0.15, 0.2) is 0 Å². The Morgan fingerprint density at radius 1 is 0.805 bits per heavy atom. The van der Waals surface area contributed by atoms with Crippen LogP contribution in [0.15, 0.2) is 28.6 Å². The van der Waals surface area contributed by atoms with Crippen LogP contribution in [0.1, 0.15) is 135 Å². The molecule has 1 aliphatic heterocycles. The van der Waals surface area contributed by atoms with Gasteiger partial charge in [0.25, 0.3) is 0 Å². The highest BCUT2D eigenvalue weighted by atomic mass is 16.5. The zero-order valence-corrected chi connectivity index (χ0v) is 25.9. The first-order chi connectivity index (χ1) is 19.5. The summed E-state index contributed by atoms with van der Waals surface area (Å²) in [5, 5.41) is 23.4. The molecule has 7 N–H and O–H groups in total. The topological polar surface area (TPSA) is 148 Å². The van der Waals surface area contributed by atoms with Gasteiger partial charge in [0.05, 0.1) is 28.9 Å². The summed E-state index contributed by atoms with van der Waals surface area (Å²) < 4.78 is 6.14. The van der Waals surface area contributed by atoms with Crippen molar-refractivity contribution in [2.24, 2.45) is 0 Å². The van der Waals surface area contributed by atoms with Crippen molar-refractivity contribution >= 4 is 23.3 Å². The van der Waals surface area contributed by atoms with Crippen molar-refractivity contribution in [2.45, 2.75) is 137 Å². The molecule has 0 unspecified atom stereocenters. The highest BCUT2D eigenvalue weighted by Gasteiger charge is 2.40. The number of carboxylic acids is 2. The van der Waals surface area contributed by atoms with E-state index in [0.717, 1.165) is 19.3 Å². The van der Waals surface area contributed by atoms with Crippen LogP contribution in [0.2, 0.25) is 0 Å². The summed E-state index contributed by atoms with van der Waals surface area (Å²) >= 11 is 0.